The summed E-state index contributed by atoms with van der Waals surface area (Å²) in [6, 6.07) is 11.6. The molecule has 4 amide bonds. The summed E-state index contributed by atoms with van der Waals surface area (Å²) >= 11 is 6.02. The van der Waals surface area contributed by atoms with Crippen LogP contribution in [0, 0.1) is 0 Å². The van der Waals surface area contributed by atoms with Crippen molar-refractivity contribution in [2.75, 3.05) is 16.3 Å². The van der Waals surface area contributed by atoms with Gasteiger partial charge >= 0.3 is 6.03 Å². The van der Waals surface area contributed by atoms with Gasteiger partial charge in [-0.3, -0.25) is 14.9 Å². The number of fused-ring (bicyclic) bond motifs is 1. The molecule has 2 aliphatic rings. The van der Waals surface area contributed by atoms with Crippen LogP contribution in [0.25, 0.3) is 6.08 Å². The van der Waals surface area contributed by atoms with E-state index < -0.39 is 17.8 Å². The van der Waals surface area contributed by atoms with Crippen molar-refractivity contribution in [2.24, 2.45) is 0 Å². The first-order chi connectivity index (χ1) is 15.1. The van der Waals surface area contributed by atoms with Crippen molar-refractivity contribution in [3.63, 3.8) is 0 Å². The number of nitrogens with zero attached hydrogens (tertiary/aromatic N) is 2. The van der Waals surface area contributed by atoms with E-state index in [4.69, 9.17) is 11.6 Å². The Balaban J connectivity index is 1.73. The topological polar surface area (TPSA) is 69.7 Å². The molecule has 1 fully saturated rings. The Labute approximate surface area is 192 Å². The van der Waals surface area contributed by atoms with Gasteiger partial charge in [0, 0.05) is 22.8 Å². The van der Waals surface area contributed by atoms with Crippen molar-refractivity contribution in [3.05, 3.63) is 64.2 Å². The minimum Gasteiger partial charge on any atom is -0.366 e. The van der Waals surface area contributed by atoms with Crippen LogP contribution in [0.2, 0.25) is 5.02 Å². The minimum absolute atomic E-state index is 0.0538. The second-order valence-electron chi connectivity index (χ2n) is 8.92. The van der Waals surface area contributed by atoms with Crippen LogP contribution in [0.5, 0.6) is 0 Å². The lowest BCUT2D eigenvalue weighted by molar-refractivity contribution is -0.122. The number of rotatable bonds is 3. The number of carbonyl (C=O) groups excluding carboxylic acids is 3. The zero-order valence-electron chi connectivity index (χ0n) is 18.6. The first-order valence-electron chi connectivity index (χ1n) is 10.7. The molecule has 0 spiro atoms. The fraction of sp³-hybridized carbons (Fsp3) is 0.320. The first-order valence-corrected chi connectivity index (χ1v) is 11.1. The number of nitrogens with one attached hydrogen (secondary N) is 1. The van der Waals surface area contributed by atoms with E-state index in [9.17, 15) is 14.4 Å². The van der Waals surface area contributed by atoms with E-state index in [-0.39, 0.29) is 11.1 Å². The molecule has 1 unspecified atom stereocenters. The van der Waals surface area contributed by atoms with Crippen LogP contribution in [-0.2, 0) is 9.59 Å². The number of benzene rings is 2. The first kappa shape index (κ1) is 22.1. The monoisotopic (exact) mass is 451 g/mol. The second-order valence-corrected chi connectivity index (χ2v) is 9.35. The molecular formula is C25H26ClN3O3. The number of urea groups is 1. The highest BCUT2D eigenvalue weighted by Crippen LogP contribution is 2.43. The smallest absolute Gasteiger partial charge is 0.335 e. The molecule has 1 N–H and O–H groups in total. The third-order valence-electron chi connectivity index (χ3n) is 6.21. The average Bonchev–Trinajstić information content (AvgIpc) is 2.71. The third kappa shape index (κ3) is 3.79. The molecule has 166 valence electrons. The van der Waals surface area contributed by atoms with Crippen molar-refractivity contribution in [2.45, 2.75) is 45.6 Å². The Morgan fingerprint density at radius 3 is 2.59 bits per heavy atom. The van der Waals surface area contributed by atoms with E-state index >= 15 is 0 Å². The average molecular weight is 452 g/mol. The van der Waals surface area contributed by atoms with Crippen LogP contribution >= 0.6 is 11.6 Å². The van der Waals surface area contributed by atoms with Gasteiger partial charge in [0.25, 0.3) is 11.8 Å². The minimum atomic E-state index is -0.792. The Morgan fingerprint density at radius 1 is 1.16 bits per heavy atom. The normalized spacial score (nSPS) is 21.6. The molecule has 6 nitrogen and oxygen atoms in total. The summed E-state index contributed by atoms with van der Waals surface area (Å²) < 4.78 is 0. The van der Waals surface area contributed by atoms with Gasteiger partial charge in [-0.25, -0.2) is 9.69 Å². The van der Waals surface area contributed by atoms with Crippen molar-refractivity contribution in [1.29, 1.82) is 0 Å². The van der Waals surface area contributed by atoms with E-state index in [2.05, 4.69) is 37.9 Å². The Bertz CT molecular complexity index is 1150. The fourth-order valence-electron chi connectivity index (χ4n) is 4.87. The van der Waals surface area contributed by atoms with Crippen LogP contribution in [0.4, 0.5) is 16.2 Å². The summed E-state index contributed by atoms with van der Waals surface area (Å²) in [7, 11) is 0. The van der Waals surface area contributed by atoms with Crippen LogP contribution < -0.4 is 15.1 Å². The number of imide groups is 2. The van der Waals surface area contributed by atoms with Gasteiger partial charge in [-0.1, -0.05) is 30.7 Å². The summed E-state index contributed by atoms with van der Waals surface area (Å²) in [5.74, 6) is -1.05. The molecule has 2 aliphatic heterocycles. The largest absolute Gasteiger partial charge is 0.366 e. The standard InChI is InChI=1S/C25H26ClN3O3/c1-5-28-21-10-9-16(11-19(21)15(2)14-25(28,3)4)12-20-22(30)27-24(32)29(23(20)31)18-8-6-7-17(26)13-18/h6-13,15H,5,14H2,1-4H3,(H,27,30,32)/b20-12+. The molecular weight excluding hydrogens is 426 g/mol. The summed E-state index contributed by atoms with van der Waals surface area (Å²) in [5, 5.41) is 2.64. The van der Waals surface area contributed by atoms with Gasteiger partial charge in [0.1, 0.15) is 5.57 Å². The van der Waals surface area contributed by atoms with Crippen molar-refractivity contribution in [1.82, 2.24) is 5.32 Å². The van der Waals surface area contributed by atoms with Crippen molar-refractivity contribution < 1.29 is 14.4 Å². The summed E-state index contributed by atoms with van der Waals surface area (Å²) in [6.45, 7) is 9.73. The SMILES string of the molecule is CCN1c2ccc(/C=C3\C(=O)NC(=O)N(c4cccc(Cl)c4)C3=O)cc2C(C)CC1(C)C. The maximum atomic E-state index is 13.1. The predicted octanol–water partition coefficient (Wildman–Crippen LogP) is 5.12. The molecule has 0 bridgehead atoms. The summed E-state index contributed by atoms with van der Waals surface area (Å²) in [4.78, 5) is 41.3. The van der Waals surface area contributed by atoms with E-state index in [1.165, 1.54) is 17.3 Å². The van der Waals surface area contributed by atoms with Gasteiger partial charge in [0.15, 0.2) is 0 Å². The van der Waals surface area contributed by atoms with Crippen LogP contribution in [0.3, 0.4) is 0 Å². The number of carbonyl (C=O) groups is 3. The Morgan fingerprint density at radius 2 is 1.91 bits per heavy atom. The van der Waals surface area contributed by atoms with Gasteiger partial charge in [-0.2, -0.15) is 0 Å². The Kier molecular flexibility index (Phi) is 5.59. The lowest BCUT2D eigenvalue weighted by Crippen LogP contribution is -2.54. The molecule has 7 heteroatoms. The molecule has 0 radical (unpaired) electrons. The molecule has 1 atom stereocenters. The van der Waals surface area contributed by atoms with Gasteiger partial charge in [-0.15, -0.1) is 0 Å². The fourth-order valence-corrected chi connectivity index (χ4v) is 5.06. The molecule has 0 aliphatic carbocycles. The Hall–Kier alpha value is -3.12. The lowest BCUT2D eigenvalue weighted by Gasteiger charge is -2.47. The highest BCUT2D eigenvalue weighted by molar-refractivity contribution is 6.39. The molecule has 32 heavy (non-hydrogen) atoms. The molecule has 0 saturated carbocycles. The highest BCUT2D eigenvalue weighted by Gasteiger charge is 2.38. The van der Waals surface area contributed by atoms with Gasteiger partial charge in [-0.05, 0) is 80.6 Å². The molecule has 0 aromatic heterocycles. The third-order valence-corrected chi connectivity index (χ3v) is 6.44. The molecule has 2 heterocycles. The maximum Gasteiger partial charge on any atom is 0.335 e. The van der Waals surface area contributed by atoms with Gasteiger partial charge < -0.3 is 4.90 Å². The van der Waals surface area contributed by atoms with Crippen molar-refractivity contribution in [3.8, 4) is 0 Å². The van der Waals surface area contributed by atoms with Crippen LogP contribution in [0.1, 0.15) is 51.2 Å². The molecule has 4 rings (SSSR count). The number of hydrogen-bond acceptors (Lipinski definition) is 4. The molecule has 2 aromatic carbocycles. The predicted molar refractivity (Wildman–Crippen MR) is 127 cm³/mol. The lowest BCUT2D eigenvalue weighted by atomic mass is 9.79. The number of anilines is 2. The van der Waals surface area contributed by atoms with E-state index in [0.29, 0.717) is 16.6 Å². The van der Waals surface area contributed by atoms with E-state index in [0.717, 1.165) is 23.4 Å². The summed E-state index contributed by atoms with van der Waals surface area (Å²) in [5.41, 5.74) is 3.36. The van der Waals surface area contributed by atoms with Crippen molar-refractivity contribution >= 4 is 46.9 Å². The number of amides is 4. The van der Waals surface area contributed by atoms with Crippen LogP contribution in [0.15, 0.2) is 48.0 Å². The van der Waals surface area contributed by atoms with E-state index in [1.807, 2.05) is 18.2 Å². The van der Waals surface area contributed by atoms with E-state index in [1.54, 1.807) is 24.3 Å². The van der Waals surface area contributed by atoms with Crippen LogP contribution in [-0.4, -0.2) is 29.9 Å². The molecule has 2 aromatic rings. The van der Waals surface area contributed by atoms with Gasteiger partial charge in [0.05, 0.1) is 5.69 Å². The zero-order valence-corrected chi connectivity index (χ0v) is 19.4. The zero-order chi connectivity index (χ0) is 23.2. The number of barbiturate groups is 1. The highest BCUT2D eigenvalue weighted by atomic mass is 35.5. The van der Waals surface area contributed by atoms with Gasteiger partial charge in [0.2, 0.25) is 0 Å². The quantitative estimate of drug-likeness (QED) is 0.519. The summed E-state index contributed by atoms with van der Waals surface area (Å²) in [6.07, 6.45) is 2.55. The second kappa shape index (κ2) is 8.10. The molecule has 1 saturated heterocycles. The number of halogens is 1. The number of hydrogen-bond donors (Lipinski definition) is 1. The maximum absolute atomic E-state index is 13.1.